The van der Waals surface area contributed by atoms with Gasteiger partial charge in [-0.25, -0.2) is 0 Å². The summed E-state index contributed by atoms with van der Waals surface area (Å²) in [5.74, 6) is 0.781. The lowest BCUT2D eigenvalue weighted by Gasteiger charge is -2.36. The van der Waals surface area contributed by atoms with E-state index in [4.69, 9.17) is 0 Å². The van der Waals surface area contributed by atoms with Crippen LogP contribution >= 0.6 is 0 Å². The van der Waals surface area contributed by atoms with Crippen LogP contribution in [0, 0.1) is 5.92 Å². The van der Waals surface area contributed by atoms with Crippen LogP contribution in [0.1, 0.15) is 12.8 Å². The van der Waals surface area contributed by atoms with Crippen LogP contribution in [0.4, 0.5) is 13.2 Å². The van der Waals surface area contributed by atoms with E-state index in [0.717, 1.165) is 25.6 Å². The van der Waals surface area contributed by atoms with E-state index in [9.17, 15) is 13.2 Å². The van der Waals surface area contributed by atoms with Gasteiger partial charge in [-0.2, -0.15) is 13.2 Å². The van der Waals surface area contributed by atoms with Crippen molar-refractivity contribution in [3.05, 3.63) is 0 Å². The van der Waals surface area contributed by atoms with E-state index in [-0.39, 0.29) is 0 Å². The number of halogens is 3. The molecule has 0 spiro atoms. The Hall–Kier alpha value is -0.330. The summed E-state index contributed by atoms with van der Waals surface area (Å²) in [5.41, 5.74) is 0. The average Bonchev–Trinajstić information content (AvgIpc) is 3.10. The fraction of sp³-hybridized carbons (Fsp3) is 1.00. The van der Waals surface area contributed by atoms with Crippen LogP contribution in [-0.4, -0.2) is 68.3 Å². The molecule has 1 atom stereocenters. The second kappa shape index (κ2) is 5.75. The highest BCUT2D eigenvalue weighted by Crippen LogP contribution is 2.32. The molecule has 106 valence electrons. The van der Waals surface area contributed by atoms with Gasteiger partial charge < -0.3 is 5.32 Å². The van der Waals surface area contributed by atoms with Gasteiger partial charge in [0.1, 0.15) is 0 Å². The molecule has 0 amide bonds. The summed E-state index contributed by atoms with van der Waals surface area (Å²) in [4.78, 5) is 3.79. The maximum Gasteiger partial charge on any atom is 0.401 e. The number of rotatable bonds is 5. The predicted octanol–water partition coefficient (Wildman–Crippen LogP) is 1.16. The summed E-state index contributed by atoms with van der Waals surface area (Å²) in [7, 11) is 1.98. The number of piperazine rings is 1. The van der Waals surface area contributed by atoms with E-state index in [0.29, 0.717) is 19.1 Å². The zero-order valence-corrected chi connectivity index (χ0v) is 10.8. The van der Waals surface area contributed by atoms with Gasteiger partial charge in [0.25, 0.3) is 0 Å². The minimum atomic E-state index is -4.07. The van der Waals surface area contributed by atoms with Crippen LogP contribution in [0.15, 0.2) is 0 Å². The number of likely N-dealkylation sites (N-methyl/N-ethyl adjacent to an activating group) is 1. The van der Waals surface area contributed by atoms with E-state index >= 15 is 0 Å². The Balaban J connectivity index is 1.69. The van der Waals surface area contributed by atoms with Crippen molar-refractivity contribution in [2.75, 3.05) is 46.3 Å². The molecule has 0 aromatic heterocycles. The van der Waals surface area contributed by atoms with E-state index < -0.39 is 12.7 Å². The minimum absolute atomic E-state index is 0.513. The Bertz CT molecular complexity index is 258. The molecular formula is C12H22F3N3. The summed E-state index contributed by atoms with van der Waals surface area (Å²) in [6, 6.07) is 0.513. The molecule has 18 heavy (non-hydrogen) atoms. The molecule has 2 fully saturated rings. The molecular weight excluding hydrogens is 243 g/mol. The van der Waals surface area contributed by atoms with Crippen molar-refractivity contribution in [2.45, 2.75) is 25.1 Å². The molecule has 3 nitrogen and oxygen atoms in total. The quantitative estimate of drug-likeness (QED) is 0.805. The van der Waals surface area contributed by atoms with Crippen molar-refractivity contribution in [3.63, 3.8) is 0 Å². The molecule has 0 radical (unpaired) electrons. The monoisotopic (exact) mass is 265 g/mol. The molecule has 2 rings (SSSR count). The van der Waals surface area contributed by atoms with Crippen LogP contribution in [0.2, 0.25) is 0 Å². The highest BCUT2D eigenvalue weighted by molar-refractivity contribution is 4.88. The molecule has 1 N–H and O–H groups in total. The second-order valence-electron chi connectivity index (χ2n) is 5.42. The topological polar surface area (TPSA) is 18.5 Å². The lowest BCUT2D eigenvalue weighted by atomic mass is 10.1. The van der Waals surface area contributed by atoms with Crippen LogP contribution in [-0.2, 0) is 0 Å². The van der Waals surface area contributed by atoms with Crippen molar-refractivity contribution in [2.24, 2.45) is 5.92 Å². The normalized spacial score (nSPS) is 25.3. The minimum Gasteiger partial charge on any atom is -0.315 e. The largest absolute Gasteiger partial charge is 0.401 e. The summed E-state index contributed by atoms with van der Waals surface area (Å²) < 4.78 is 36.8. The highest BCUT2D eigenvalue weighted by Gasteiger charge is 2.34. The molecule has 1 saturated heterocycles. The van der Waals surface area contributed by atoms with E-state index in [2.05, 4.69) is 10.2 Å². The van der Waals surface area contributed by atoms with Gasteiger partial charge in [-0.15, -0.1) is 0 Å². The zero-order valence-electron chi connectivity index (χ0n) is 10.8. The lowest BCUT2D eigenvalue weighted by molar-refractivity contribution is -0.149. The van der Waals surface area contributed by atoms with Gasteiger partial charge in [0.05, 0.1) is 6.54 Å². The van der Waals surface area contributed by atoms with Gasteiger partial charge in [-0.3, -0.25) is 9.80 Å². The second-order valence-corrected chi connectivity index (χ2v) is 5.42. The van der Waals surface area contributed by atoms with E-state index in [1.165, 1.54) is 17.7 Å². The molecule has 1 saturated carbocycles. The molecule has 0 bridgehead atoms. The smallest absolute Gasteiger partial charge is 0.315 e. The third-order valence-electron chi connectivity index (χ3n) is 3.88. The maximum absolute atomic E-state index is 12.3. The lowest BCUT2D eigenvalue weighted by Crippen LogP contribution is -2.52. The molecule has 1 aliphatic heterocycles. The molecule has 0 aromatic rings. The molecule has 2 aliphatic rings. The first-order chi connectivity index (χ1) is 8.48. The van der Waals surface area contributed by atoms with Gasteiger partial charge in [0.2, 0.25) is 0 Å². The van der Waals surface area contributed by atoms with Gasteiger partial charge in [-0.05, 0) is 25.8 Å². The van der Waals surface area contributed by atoms with Crippen LogP contribution in [0.3, 0.4) is 0 Å². The van der Waals surface area contributed by atoms with Gasteiger partial charge in [0, 0.05) is 38.8 Å². The first kappa shape index (κ1) is 14.1. The standard InChI is InChI=1S/C12H22F3N3/c1-16-11(10-2-3-10)8-17-4-6-18(7-5-17)9-12(13,14)15/h10-11,16H,2-9H2,1H3. The third-order valence-corrected chi connectivity index (χ3v) is 3.88. The van der Waals surface area contributed by atoms with Gasteiger partial charge in [0.15, 0.2) is 0 Å². The Labute approximate surface area is 106 Å². The Morgan fingerprint density at radius 2 is 1.67 bits per heavy atom. The Morgan fingerprint density at radius 1 is 1.11 bits per heavy atom. The molecule has 1 heterocycles. The van der Waals surface area contributed by atoms with E-state index in [1.54, 1.807) is 0 Å². The number of nitrogens with zero attached hydrogens (tertiary/aromatic N) is 2. The maximum atomic E-state index is 12.3. The first-order valence-corrected chi connectivity index (χ1v) is 6.66. The third kappa shape index (κ3) is 4.40. The van der Waals surface area contributed by atoms with Crippen LogP contribution in [0.5, 0.6) is 0 Å². The van der Waals surface area contributed by atoms with Crippen molar-refractivity contribution in [1.29, 1.82) is 0 Å². The number of hydrogen-bond donors (Lipinski definition) is 1. The summed E-state index contributed by atoms with van der Waals surface area (Å²) >= 11 is 0. The fourth-order valence-electron chi connectivity index (χ4n) is 2.64. The van der Waals surface area contributed by atoms with Crippen LogP contribution < -0.4 is 5.32 Å². The molecule has 1 aliphatic carbocycles. The van der Waals surface area contributed by atoms with Crippen molar-refractivity contribution >= 4 is 0 Å². The van der Waals surface area contributed by atoms with Crippen molar-refractivity contribution in [1.82, 2.24) is 15.1 Å². The van der Waals surface area contributed by atoms with Gasteiger partial charge >= 0.3 is 6.18 Å². The molecule has 1 unspecified atom stereocenters. The molecule has 6 heteroatoms. The highest BCUT2D eigenvalue weighted by atomic mass is 19.4. The van der Waals surface area contributed by atoms with Crippen molar-refractivity contribution < 1.29 is 13.2 Å². The summed E-state index contributed by atoms with van der Waals surface area (Å²) in [5, 5.41) is 3.33. The fourth-order valence-corrected chi connectivity index (χ4v) is 2.64. The predicted molar refractivity (Wildman–Crippen MR) is 64.5 cm³/mol. The Morgan fingerprint density at radius 3 is 2.11 bits per heavy atom. The number of alkyl halides is 3. The SMILES string of the molecule is CNC(CN1CCN(CC(F)(F)F)CC1)C1CC1. The van der Waals surface area contributed by atoms with Crippen molar-refractivity contribution in [3.8, 4) is 0 Å². The summed E-state index contributed by atoms with van der Waals surface area (Å²) in [6.45, 7) is 2.77. The van der Waals surface area contributed by atoms with E-state index in [1.807, 2.05) is 7.05 Å². The zero-order chi connectivity index (χ0) is 13.2. The van der Waals surface area contributed by atoms with Gasteiger partial charge in [-0.1, -0.05) is 0 Å². The molecule has 0 aromatic carbocycles. The Kier molecular flexibility index (Phi) is 4.50. The average molecular weight is 265 g/mol. The summed E-state index contributed by atoms with van der Waals surface area (Å²) in [6.07, 6.45) is -1.48. The number of hydrogen-bond acceptors (Lipinski definition) is 3. The number of nitrogens with one attached hydrogen (secondary N) is 1. The first-order valence-electron chi connectivity index (χ1n) is 6.66. The van der Waals surface area contributed by atoms with Crippen LogP contribution in [0.25, 0.3) is 0 Å².